The first kappa shape index (κ1) is 56.7. The second kappa shape index (κ2) is 36.8. The van der Waals surface area contributed by atoms with Crippen molar-refractivity contribution in [1.82, 2.24) is 0 Å². The maximum absolute atomic E-state index is 8.56. The number of rotatable bonds is 42. The summed E-state index contributed by atoms with van der Waals surface area (Å²) in [6.07, 6.45) is 40.8. The summed E-state index contributed by atoms with van der Waals surface area (Å²) in [6.45, 7) is 18.7. The fourth-order valence-corrected chi connectivity index (χ4v) is 50.3. The molecule has 0 aliphatic heterocycles. The Labute approximate surface area is 391 Å². The molecule has 0 fully saturated rings. The van der Waals surface area contributed by atoms with Gasteiger partial charge < -0.3 is 0 Å². The number of unbranched alkanes of at least 4 members (excludes halogenated alkanes) is 22. The van der Waals surface area contributed by atoms with E-state index in [1.807, 2.05) is 0 Å². The molecule has 0 saturated heterocycles. The summed E-state index contributed by atoms with van der Waals surface area (Å²) >= 11 is -7.84. The molecule has 0 saturated carbocycles. The number of hydrogen-bond acceptors (Lipinski definition) is 3. The SMILES string of the molecule is CCCCCCC[CH2][Sn]([CH2]CCCCCCC)([O]c1cccc(CCCC)c1CC)[O][Sn]([CH2]CCCCCCC)([CH2]CCCCCCC)[O]c1cccc(CCCC)c1CC. The minimum atomic E-state index is -3.92. The predicted molar refractivity (Wildman–Crippen MR) is 275 cm³/mol. The molecule has 0 amide bonds. The number of aryl methyl sites for hydroxylation is 2. The van der Waals surface area contributed by atoms with Gasteiger partial charge in [0.05, 0.1) is 0 Å². The molecule has 0 heterocycles. The van der Waals surface area contributed by atoms with Crippen molar-refractivity contribution < 1.29 is 7.56 Å². The van der Waals surface area contributed by atoms with Gasteiger partial charge in [-0.25, -0.2) is 0 Å². The van der Waals surface area contributed by atoms with E-state index >= 15 is 0 Å². The third-order valence-corrected chi connectivity index (χ3v) is 45.9. The zero-order valence-electron chi connectivity index (χ0n) is 42.1. The van der Waals surface area contributed by atoms with Crippen LogP contribution in [-0.2, 0) is 27.1 Å². The molecule has 0 aromatic heterocycles. The molecule has 0 N–H and O–H groups in total. The Hall–Kier alpha value is -0.403. The summed E-state index contributed by atoms with van der Waals surface area (Å²) in [4.78, 5) is 0. The molecule has 0 aliphatic carbocycles. The van der Waals surface area contributed by atoms with Gasteiger partial charge in [-0.3, -0.25) is 0 Å². The molecule has 0 radical (unpaired) electrons. The van der Waals surface area contributed by atoms with Crippen LogP contribution in [0.5, 0.6) is 11.5 Å². The quantitative estimate of drug-likeness (QED) is 0.0490. The summed E-state index contributed by atoms with van der Waals surface area (Å²) < 4.78 is 29.3. The van der Waals surface area contributed by atoms with E-state index in [4.69, 9.17) is 7.56 Å². The van der Waals surface area contributed by atoms with Crippen molar-refractivity contribution in [3.05, 3.63) is 58.7 Å². The predicted octanol–water partition coefficient (Wildman–Crippen LogP) is 19.3. The normalized spacial score (nSPS) is 12.1. The molecular weight excluding hydrogens is 958 g/mol. The molecule has 0 spiro atoms. The average Bonchev–Trinajstić information content (AvgIpc) is 3.27. The van der Waals surface area contributed by atoms with E-state index in [-0.39, 0.29) is 0 Å². The van der Waals surface area contributed by atoms with Crippen molar-refractivity contribution in [3.63, 3.8) is 0 Å². The summed E-state index contributed by atoms with van der Waals surface area (Å²) in [5.74, 6) is 2.36. The summed E-state index contributed by atoms with van der Waals surface area (Å²) in [5, 5.41) is 0. The Morgan fingerprint density at radius 2 is 0.607 bits per heavy atom. The summed E-state index contributed by atoms with van der Waals surface area (Å²) in [7, 11) is 0. The van der Waals surface area contributed by atoms with E-state index in [1.165, 1.54) is 231 Å². The molecule has 3 nitrogen and oxygen atoms in total. The molecule has 2 aromatic rings. The number of hydrogen-bond donors (Lipinski definition) is 0. The zero-order valence-corrected chi connectivity index (χ0v) is 47.9. The van der Waals surface area contributed by atoms with Crippen LogP contribution in [0.4, 0.5) is 0 Å². The van der Waals surface area contributed by atoms with Crippen LogP contribution in [0.15, 0.2) is 36.4 Å². The monoisotopic (exact) mass is 1060 g/mol. The van der Waals surface area contributed by atoms with Crippen molar-refractivity contribution in [3.8, 4) is 11.5 Å². The standard InChI is InChI=1S/2C12H18O.4C8H17.O.2Sn/c2*1-3-5-7-10-8-6-9-12(13)11(10)4-2;4*1-3-5-7-8-6-4-2;;;/h2*6,8-9,13H,3-5,7H2,1-2H3;4*1,3-8H2,2H3;;;/q;;;;;;;2*+1/p-2. The van der Waals surface area contributed by atoms with Crippen LogP contribution in [0, 0.1) is 0 Å². The first-order valence-electron chi connectivity index (χ1n) is 27.2. The van der Waals surface area contributed by atoms with Crippen molar-refractivity contribution >= 4 is 38.4 Å². The first-order chi connectivity index (χ1) is 29.9. The van der Waals surface area contributed by atoms with Gasteiger partial charge in [-0.15, -0.1) is 0 Å². The van der Waals surface area contributed by atoms with E-state index in [0.29, 0.717) is 0 Å². The molecule has 2 rings (SSSR count). The minimum absolute atomic E-state index is 1.02. The fourth-order valence-electron chi connectivity index (χ4n) is 9.56. The molecule has 61 heavy (non-hydrogen) atoms. The van der Waals surface area contributed by atoms with Gasteiger partial charge in [-0.05, 0) is 0 Å². The summed E-state index contributed by atoms with van der Waals surface area (Å²) in [6, 6.07) is 14.1. The van der Waals surface area contributed by atoms with Gasteiger partial charge in [0.25, 0.3) is 0 Å². The van der Waals surface area contributed by atoms with Crippen LogP contribution in [0.25, 0.3) is 0 Å². The van der Waals surface area contributed by atoms with Crippen LogP contribution in [0.1, 0.15) is 257 Å². The second-order valence-electron chi connectivity index (χ2n) is 18.9. The first-order valence-corrected chi connectivity index (χ1v) is 39.9. The van der Waals surface area contributed by atoms with Crippen molar-refractivity contribution in [2.24, 2.45) is 0 Å². The molecule has 5 heteroatoms. The Kier molecular flexibility index (Phi) is 34.2. The molecular formula is C56H102O3Sn2. The molecule has 2 aromatic carbocycles. The van der Waals surface area contributed by atoms with Crippen LogP contribution < -0.4 is 6.15 Å². The van der Waals surface area contributed by atoms with Crippen LogP contribution in [0.2, 0.25) is 17.7 Å². The van der Waals surface area contributed by atoms with E-state index in [9.17, 15) is 0 Å². The zero-order chi connectivity index (χ0) is 44.3. The van der Waals surface area contributed by atoms with E-state index in [1.54, 1.807) is 0 Å². The van der Waals surface area contributed by atoms with E-state index < -0.39 is 38.4 Å². The van der Waals surface area contributed by atoms with Crippen LogP contribution >= 0.6 is 0 Å². The van der Waals surface area contributed by atoms with Crippen LogP contribution in [0.3, 0.4) is 0 Å². The van der Waals surface area contributed by atoms with Gasteiger partial charge in [0.2, 0.25) is 0 Å². The molecule has 0 unspecified atom stereocenters. The van der Waals surface area contributed by atoms with Gasteiger partial charge >= 0.3 is 395 Å². The fraction of sp³-hybridized carbons (Fsp3) is 0.786. The number of benzene rings is 2. The molecule has 0 aliphatic rings. The third-order valence-electron chi connectivity index (χ3n) is 13.4. The van der Waals surface area contributed by atoms with Crippen molar-refractivity contribution in [2.45, 2.75) is 279 Å². The van der Waals surface area contributed by atoms with E-state index in [0.717, 1.165) is 25.7 Å². The third kappa shape index (κ3) is 23.6. The summed E-state index contributed by atoms with van der Waals surface area (Å²) in [5.41, 5.74) is 5.92. The Morgan fingerprint density at radius 3 is 0.885 bits per heavy atom. The van der Waals surface area contributed by atoms with Gasteiger partial charge in [0.1, 0.15) is 0 Å². The molecule has 0 atom stereocenters. The van der Waals surface area contributed by atoms with E-state index in [2.05, 4.69) is 91.8 Å². The van der Waals surface area contributed by atoms with Crippen LogP contribution in [-0.4, -0.2) is 38.4 Å². The topological polar surface area (TPSA) is 27.7 Å². The van der Waals surface area contributed by atoms with Crippen molar-refractivity contribution in [1.29, 1.82) is 0 Å². The van der Waals surface area contributed by atoms with Gasteiger partial charge in [0, 0.05) is 0 Å². The van der Waals surface area contributed by atoms with Gasteiger partial charge in [-0.1, -0.05) is 0 Å². The molecule has 352 valence electrons. The Morgan fingerprint density at radius 1 is 0.328 bits per heavy atom. The second-order valence-corrected chi connectivity index (χ2v) is 40.7. The Bertz CT molecular complexity index is 1200. The maximum atomic E-state index is 8.56. The van der Waals surface area contributed by atoms with Gasteiger partial charge in [0.15, 0.2) is 0 Å². The van der Waals surface area contributed by atoms with Crippen molar-refractivity contribution in [2.75, 3.05) is 0 Å². The molecule has 0 bridgehead atoms. The average molecular weight is 1060 g/mol. The Balaban J connectivity index is 2.84. The van der Waals surface area contributed by atoms with Gasteiger partial charge in [-0.2, -0.15) is 0 Å².